The molecule has 0 spiro atoms. The lowest BCUT2D eigenvalue weighted by Gasteiger charge is -2.20. The second-order valence-corrected chi connectivity index (χ2v) is 5.69. The molecule has 0 atom stereocenters. The molecular weight excluding hydrogens is 314 g/mol. The van der Waals surface area contributed by atoms with Gasteiger partial charge in [-0.3, -0.25) is 4.98 Å². The molecule has 2 rings (SSSR count). The van der Waals surface area contributed by atoms with Crippen LogP contribution in [0.5, 0.6) is 0 Å². The second kappa shape index (κ2) is 7.41. The lowest BCUT2D eigenvalue weighted by atomic mass is 10.2. The van der Waals surface area contributed by atoms with Crippen LogP contribution in [0.1, 0.15) is 18.2 Å². The summed E-state index contributed by atoms with van der Waals surface area (Å²) in [5.41, 5.74) is 3.55. The van der Waals surface area contributed by atoms with E-state index in [0.717, 1.165) is 29.8 Å². The molecule has 0 fully saturated rings. The quantitative estimate of drug-likeness (QED) is 0.875. The largest absolute Gasteiger partial charge is 0.370 e. The summed E-state index contributed by atoms with van der Waals surface area (Å²) in [6.45, 7) is 4.75. The minimum Gasteiger partial charge on any atom is -0.370 e. The van der Waals surface area contributed by atoms with E-state index in [2.05, 4.69) is 69.4 Å². The Balaban J connectivity index is 2.06. The van der Waals surface area contributed by atoms with Crippen LogP contribution in [0.2, 0.25) is 0 Å². The van der Waals surface area contributed by atoms with Crippen molar-refractivity contribution in [3.8, 4) is 0 Å². The molecule has 1 aromatic carbocycles. The fraction of sp³-hybridized carbons (Fsp3) is 0.312. The molecule has 3 nitrogen and oxygen atoms in total. The summed E-state index contributed by atoms with van der Waals surface area (Å²) < 4.78 is 1.12. The first kappa shape index (κ1) is 15.0. The van der Waals surface area contributed by atoms with Gasteiger partial charge in [0.05, 0.1) is 5.69 Å². The molecule has 1 aromatic heterocycles. The number of aromatic nitrogens is 1. The fourth-order valence-corrected chi connectivity index (χ4v) is 2.50. The number of hydrogen-bond acceptors (Lipinski definition) is 3. The summed E-state index contributed by atoms with van der Waals surface area (Å²) in [5.74, 6) is 0. The van der Waals surface area contributed by atoms with Gasteiger partial charge >= 0.3 is 0 Å². The normalized spacial score (nSPS) is 10.6. The molecule has 106 valence electrons. The number of nitrogens with one attached hydrogen (secondary N) is 1. The lowest BCUT2D eigenvalue weighted by Crippen LogP contribution is -2.18. The van der Waals surface area contributed by atoms with Crippen molar-refractivity contribution < 1.29 is 0 Å². The SMILES string of the molecule is CCNCc1cc(N(C)Cc2cccc(Br)c2)ccn1. The van der Waals surface area contributed by atoms with Gasteiger partial charge in [0, 0.05) is 36.5 Å². The summed E-state index contributed by atoms with van der Waals surface area (Å²) in [6, 6.07) is 12.6. The van der Waals surface area contributed by atoms with Crippen LogP contribution in [0.3, 0.4) is 0 Å². The Morgan fingerprint density at radius 3 is 2.85 bits per heavy atom. The highest BCUT2D eigenvalue weighted by molar-refractivity contribution is 9.10. The van der Waals surface area contributed by atoms with Crippen molar-refractivity contribution in [2.45, 2.75) is 20.0 Å². The number of benzene rings is 1. The van der Waals surface area contributed by atoms with Crippen LogP contribution >= 0.6 is 15.9 Å². The van der Waals surface area contributed by atoms with Gasteiger partial charge in [0.25, 0.3) is 0 Å². The topological polar surface area (TPSA) is 28.2 Å². The minimum atomic E-state index is 0.815. The molecule has 0 radical (unpaired) electrons. The molecule has 0 aliphatic rings. The predicted octanol–water partition coefficient (Wildman–Crippen LogP) is 3.59. The maximum atomic E-state index is 4.38. The molecule has 1 heterocycles. The zero-order valence-electron chi connectivity index (χ0n) is 11.9. The minimum absolute atomic E-state index is 0.815. The number of rotatable bonds is 6. The molecule has 20 heavy (non-hydrogen) atoms. The second-order valence-electron chi connectivity index (χ2n) is 4.77. The lowest BCUT2D eigenvalue weighted by molar-refractivity contribution is 0.710. The molecule has 0 saturated carbocycles. The predicted molar refractivity (Wildman–Crippen MR) is 87.9 cm³/mol. The average Bonchev–Trinajstić information content (AvgIpc) is 2.45. The molecule has 2 aromatic rings. The summed E-state index contributed by atoms with van der Waals surface area (Å²) in [6.07, 6.45) is 1.87. The molecule has 0 bridgehead atoms. The first-order chi connectivity index (χ1) is 9.69. The molecule has 0 amide bonds. The zero-order chi connectivity index (χ0) is 14.4. The van der Waals surface area contributed by atoms with Crippen LogP contribution in [0.15, 0.2) is 47.1 Å². The van der Waals surface area contributed by atoms with E-state index < -0.39 is 0 Å². The van der Waals surface area contributed by atoms with E-state index in [-0.39, 0.29) is 0 Å². The number of nitrogens with zero attached hydrogens (tertiary/aromatic N) is 2. The highest BCUT2D eigenvalue weighted by Crippen LogP contribution is 2.18. The maximum Gasteiger partial charge on any atom is 0.0562 e. The Hall–Kier alpha value is -1.39. The van der Waals surface area contributed by atoms with Gasteiger partial charge < -0.3 is 10.2 Å². The first-order valence-corrected chi connectivity index (χ1v) is 7.59. The number of anilines is 1. The van der Waals surface area contributed by atoms with Crippen molar-refractivity contribution in [3.63, 3.8) is 0 Å². The van der Waals surface area contributed by atoms with Crippen molar-refractivity contribution in [1.29, 1.82) is 0 Å². The molecule has 0 aliphatic carbocycles. The summed E-state index contributed by atoms with van der Waals surface area (Å²) >= 11 is 3.51. The van der Waals surface area contributed by atoms with Gasteiger partial charge in [0.1, 0.15) is 0 Å². The van der Waals surface area contributed by atoms with E-state index in [9.17, 15) is 0 Å². The Kier molecular flexibility index (Phi) is 5.56. The van der Waals surface area contributed by atoms with E-state index in [1.807, 2.05) is 18.3 Å². The monoisotopic (exact) mass is 333 g/mol. The summed E-state index contributed by atoms with van der Waals surface area (Å²) in [5, 5.41) is 3.30. The van der Waals surface area contributed by atoms with Crippen LogP contribution in [-0.2, 0) is 13.1 Å². The van der Waals surface area contributed by atoms with Crippen LogP contribution < -0.4 is 10.2 Å². The van der Waals surface area contributed by atoms with E-state index in [1.165, 1.54) is 11.3 Å². The molecule has 0 unspecified atom stereocenters. The molecule has 1 N–H and O–H groups in total. The average molecular weight is 334 g/mol. The smallest absolute Gasteiger partial charge is 0.0562 e. The van der Waals surface area contributed by atoms with Gasteiger partial charge in [-0.25, -0.2) is 0 Å². The molecule has 0 saturated heterocycles. The third kappa shape index (κ3) is 4.32. The van der Waals surface area contributed by atoms with Crippen LogP contribution in [0.4, 0.5) is 5.69 Å². The Labute approximate surface area is 129 Å². The molecule has 0 aliphatic heterocycles. The van der Waals surface area contributed by atoms with Gasteiger partial charge in [-0.2, -0.15) is 0 Å². The number of pyridine rings is 1. The number of halogens is 1. The third-order valence-corrected chi connectivity index (χ3v) is 3.60. The van der Waals surface area contributed by atoms with Crippen LogP contribution in [-0.4, -0.2) is 18.6 Å². The van der Waals surface area contributed by atoms with Gasteiger partial charge in [0.2, 0.25) is 0 Å². The van der Waals surface area contributed by atoms with Crippen molar-refractivity contribution >= 4 is 21.6 Å². The van der Waals surface area contributed by atoms with E-state index in [1.54, 1.807) is 0 Å². The van der Waals surface area contributed by atoms with Crippen molar-refractivity contribution in [1.82, 2.24) is 10.3 Å². The Bertz CT molecular complexity index is 557. The van der Waals surface area contributed by atoms with Crippen LogP contribution in [0.25, 0.3) is 0 Å². The van der Waals surface area contributed by atoms with Gasteiger partial charge in [-0.05, 0) is 36.4 Å². The standard InChI is InChI=1S/C16H20BrN3/c1-3-18-11-15-10-16(7-8-19-15)20(2)12-13-5-4-6-14(17)9-13/h4-10,18H,3,11-12H2,1-2H3. The third-order valence-electron chi connectivity index (χ3n) is 3.11. The molecule has 4 heteroatoms. The van der Waals surface area contributed by atoms with Crippen LogP contribution in [0, 0.1) is 0 Å². The van der Waals surface area contributed by atoms with Crippen molar-refractivity contribution in [2.24, 2.45) is 0 Å². The van der Waals surface area contributed by atoms with Crippen molar-refractivity contribution in [2.75, 3.05) is 18.5 Å². The van der Waals surface area contributed by atoms with E-state index >= 15 is 0 Å². The maximum absolute atomic E-state index is 4.38. The first-order valence-electron chi connectivity index (χ1n) is 6.80. The Morgan fingerprint density at radius 1 is 1.25 bits per heavy atom. The van der Waals surface area contributed by atoms with Gasteiger partial charge in [0.15, 0.2) is 0 Å². The summed E-state index contributed by atoms with van der Waals surface area (Å²) in [4.78, 5) is 6.62. The highest BCUT2D eigenvalue weighted by atomic mass is 79.9. The van der Waals surface area contributed by atoms with Gasteiger partial charge in [-0.1, -0.05) is 35.0 Å². The van der Waals surface area contributed by atoms with E-state index in [0.29, 0.717) is 0 Å². The zero-order valence-corrected chi connectivity index (χ0v) is 13.5. The van der Waals surface area contributed by atoms with Gasteiger partial charge in [-0.15, -0.1) is 0 Å². The van der Waals surface area contributed by atoms with E-state index in [4.69, 9.17) is 0 Å². The highest BCUT2D eigenvalue weighted by Gasteiger charge is 2.04. The summed E-state index contributed by atoms with van der Waals surface area (Å²) in [7, 11) is 2.10. The number of hydrogen-bond donors (Lipinski definition) is 1. The van der Waals surface area contributed by atoms with Crippen molar-refractivity contribution in [3.05, 3.63) is 58.3 Å². The Morgan fingerprint density at radius 2 is 2.10 bits per heavy atom. The fourth-order valence-electron chi connectivity index (χ4n) is 2.05. The molecular formula is C16H20BrN3.